The van der Waals surface area contributed by atoms with Crippen molar-refractivity contribution in [2.75, 3.05) is 13.1 Å². The van der Waals surface area contributed by atoms with Gasteiger partial charge in [0.15, 0.2) is 0 Å². The van der Waals surface area contributed by atoms with Crippen LogP contribution in [0.4, 0.5) is 0 Å². The maximum absolute atomic E-state index is 13.1. The van der Waals surface area contributed by atoms with E-state index in [2.05, 4.69) is 16.7 Å². The van der Waals surface area contributed by atoms with Crippen molar-refractivity contribution in [3.63, 3.8) is 0 Å². The molecule has 1 N–H and O–H groups in total. The fraction of sp³-hybridized carbons (Fsp3) is 0.500. The van der Waals surface area contributed by atoms with E-state index in [0.29, 0.717) is 19.5 Å². The summed E-state index contributed by atoms with van der Waals surface area (Å²) >= 11 is 0. The molecule has 4 rings (SSSR count). The number of carbonyl (C=O) groups is 1. The van der Waals surface area contributed by atoms with Gasteiger partial charge in [-0.05, 0) is 37.0 Å². The highest BCUT2D eigenvalue weighted by Crippen LogP contribution is 2.40. The summed E-state index contributed by atoms with van der Waals surface area (Å²) in [4.78, 5) is 15.1. The van der Waals surface area contributed by atoms with Gasteiger partial charge >= 0.3 is 0 Å². The van der Waals surface area contributed by atoms with Gasteiger partial charge in [-0.2, -0.15) is 0 Å². The zero-order valence-electron chi connectivity index (χ0n) is 15.3. The molecule has 1 aromatic heterocycles. The normalized spacial score (nSPS) is 27.0. The smallest absolute Gasteiger partial charge is 0.225 e. The van der Waals surface area contributed by atoms with Gasteiger partial charge in [-0.1, -0.05) is 43.2 Å². The van der Waals surface area contributed by atoms with E-state index >= 15 is 0 Å². The van der Waals surface area contributed by atoms with Gasteiger partial charge in [0.05, 0.1) is 18.1 Å². The Kier molecular flexibility index (Phi) is 4.86. The summed E-state index contributed by atoms with van der Waals surface area (Å²) < 4.78 is 2.12. The Morgan fingerprint density at radius 2 is 1.88 bits per heavy atom. The van der Waals surface area contributed by atoms with Crippen molar-refractivity contribution >= 4 is 5.91 Å². The average molecular weight is 352 g/mol. The Morgan fingerprint density at radius 1 is 1.12 bits per heavy atom. The number of piperidine rings is 1. The number of hydrogen-bond donors (Lipinski definition) is 1. The van der Waals surface area contributed by atoms with Crippen LogP contribution in [0.2, 0.25) is 0 Å². The van der Waals surface area contributed by atoms with Crippen LogP contribution in [0.3, 0.4) is 0 Å². The van der Waals surface area contributed by atoms with Crippen molar-refractivity contribution in [2.24, 2.45) is 5.92 Å². The third kappa shape index (κ3) is 3.43. The number of nitrogens with zero attached hydrogens (tertiary/aromatic N) is 2. The van der Waals surface area contributed by atoms with Crippen LogP contribution in [-0.4, -0.2) is 39.2 Å². The van der Waals surface area contributed by atoms with Crippen molar-refractivity contribution in [3.05, 3.63) is 60.4 Å². The fourth-order valence-electron chi connectivity index (χ4n) is 4.72. The van der Waals surface area contributed by atoms with Gasteiger partial charge in [0.2, 0.25) is 5.91 Å². The van der Waals surface area contributed by atoms with E-state index in [1.807, 2.05) is 47.6 Å². The Hall–Kier alpha value is -2.07. The van der Waals surface area contributed by atoms with Crippen LogP contribution in [0.5, 0.6) is 0 Å². The van der Waals surface area contributed by atoms with Gasteiger partial charge in [0.25, 0.3) is 0 Å². The summed E-state index contributed by atoms with van der Waals surface area (Å²) in [6, 6.07) is 14.3. The quantitative estimate of drug-likeness (QED) is 0.913. The molecule has 1 aliphatic heterocycles. The lowest BCUT2D eigenvalue weighted by Gasteiger charge is -2.47. The van der Waals surface area contributed by atoms with Crippen molar-refractivity contribution in [1.29, 1.82) is 0 Å². The van der Waals surface area contributed by atoms with Crippen LogP contribution < -0.4 is 0 Å². The second kappa shape index (κ2) is 7.28. The highest BCUT2D eigenvalue weighted by atomic mass is 16.3. The topological polar surface area (TPSA) is 45.5 Å². The monoisotopic (exact) mass is 352 g/mol. The molecule has 0 bridgehead atoms. The number of aromatic nitrogens is 1. The molecular formula is C22H28N2O2. The predicted octanol–water partition coefficient (Wildman–Crippen LogP) is 3.62. The molecule has 0 radical (unpaired) electrons. The van der Waals surface area contributed by atoms with Gasteiger partial charge in [0.1, 0.15) is 0 Å². The van der Waals surface area contributed by atoms with E-state index in [4.69, 9.17) is 0 Å². The number of carbonyl (C=O) groups excluding carboxylic acids is 1. The van der Waals surface area contributed by atoms with Crippen LogP contribution in [0.25, 0.3) is 0 Å². The highest BCUT2D eigenvalue weighted by molar-refractivity contribution is 5.77. The first-order valence-electron chi connectivity index (χ1n) is 9.83. The highest BCUT2D eigenvalue weighted by Gasteiger charge is 2.43. The predicted molar refractivity (Wildman–Crippen MR) is 102 cm³/mol. The van der Waals surface area contributed by atoms with Crippen LogP contribution in [0.1, 0.15) is 50.1 Å². The lowest BCUT2D eigenvalue weighted by atomic mass is 9.71. The first-order chi connectivity index (χ1) is 12.7. The van der Waals surface area contributed by atoms with Gasteiger partial charge in [-0.25, -0.2) is 0 Å². The first kappa shape index (κ1) is 17.3. The Labute approximate surface area is 155 Å². The summed E-state index contributed by atoms with van der Waals surface area (Å²) in [6.45, 7) is 1.39. The Bertz CT molecular complexity index is 728. The molecule has 2 fully saturated rings. The summed E-state index contributed by atoms with van der Waals surface area (Å²) in [6.07, 6.45) is 9.47. The largest absolute Gasteiger partial charge is 0.389 e. The SMILES string of the molecule is O=C(CC(c1ccccc1)n1cccc1)N1CCC2(O)CCCCC2C1. The maximum Gasteiger partial charge on any atom is 0.225 e. The molecule has 4 nitrogen and oxygen atoms in total. The number of amides is 1. The van der Waals surface area contributed by atoms with Crippen LogP contribution in [0, 0.1) is 5.92 Å². The van der Waals surface area contributed by atoms with E-state index in [-0.39, 0.29) is 17.9 Å². The lowest BCUT2D eigenvalue weighted by Crippen LogP contribution is -2.54. The second-order valence-corrected chi connectivity index (χ2v) is 7.90. The number of likely N-dealkylation sites (tertiary alicyclic amines) is 1. The standard InChI is InChI=1S/C22H28N2O2/c25-21(24-15-12-22(26)11-5-4-10-19(22)17-24)16-20(23-13-6-7-14-23)18-8-2-1-3-9-18/h1-3,6-9,13-14,19-20,26H,4-5,10-12,15-17H2. The molecular weight excluding hydrogens is 324 g/mol. The van der Waals surface area contributed by atoms with Crippen molar-refractivity contribution in [3.8, 4) is 0 Å². The maximum atomic E-state index is 13.1. The van der Waals surface area contributed by atoms with E-state index < -0.39 is 5.60 Å². The number of fused-ring (bicyclic) bond motifs is 1. The minimum Gasteiger partial charge on any atom is -0.389 e. The summed E-state index contributed by atoms with van der Waals surface area (Å²) in [5.74, 6) is 0.441. The average Bonchev–Trinajstić information content (AvgIpc) is 3.20. The molecule has 2 aliphatic rings. The van der Waals surface area contributed by atoms with Crippen molar-refractivity contribution in [1.82, 2.24) is 9.47 Å². The molecule has 3 unspecified atom stereocenters. The number of hydrogen-bond acceptors (Lipinski definition) is 2. The zero-order valence-corrected chi connectivity index (χ0v) is 15.3. The molecule has 2 heterocycles. The molecule has 1 amide bonds. The molecule has 4 heteroatoms. The van der Waals surface area contributed by atoms with Crippen molar-refractivity contribution < 1.29 is 9.90 Å². The molecule has 138 valence electrons. The number of benzene rings is 1. The molecule has 1 saturated carbocycles. The summed E-state index contributed by atoms with van der Waals surface area (Å²) in [5, 5.41) is 10.9. The van der Waals surface area contributed by atoms with E-state index in [1.54, 1.807) is 0 Å². The van der Waals surface area contributed by atoms with Crippen molar-refractivity contribution in [2.45, 2.75) is 50.2 Å². The molecule has 1 aliphatic carbocycles. The minimum absolute atomic E-state index is 0.0193. The lowest BCUT2D eigenvalue weighted by molar-refractivity contribution is -0.143. The zero-order chi connectivity index (χ0) is 18.0. The summed E-state index contributed by atoms with van der Waals surface area (Å²) in [5.41, 5.74) is 0.622. The van der Waals surface area contributed by atoms with Gasteiger partial charge in [-0.3, -0.25) is 4.79 Å². The molecule has 26 heavy (non-hydrogen) atoms. The molecule has 0 spiro atoms. The van der Waals surface area contributed by atoms with Gasteiger partial charge in [-0.15, -0.1) is 0 Å². The fourth-order valence-corrected chi connectivity index (χ4v) is 4.72. The van der Waals surface area contributed by atoms with Crippen LogP contribution in [0.15, 0.2) is 54.9 Å². The third-order valence-electron chi connectivity index (χ3n) is 6.32. The van der Waals surface area contributed by atoms with Gasteiger partial charge < -0.3 is 14.6 Å². The number of aliphatic hydroxyl groups is 1. The molecule has 1 saturated heterocycles. The molecule has 2 aromatic rings. The van der Waals surface area contributed by atoms with Gasteiger partial charge in [0, 0.05) is 31.4 Å². The second-order valence-electron chi connectivity index (χ2n) is 7.90. The van der Waals surface area contributed by atoms with E-state index in [1.165, 1.54) is 6.42 Å². The summed E-state index contributed by atoms with van der Waals surface area (Å²) in [7, 11) is 0. The molecule has 3 atom stereocenters. The first-order valence-corrected chi connectivity index (χ1v) is 9.83. The van der Waals surface area contributed by atoms with Crippen LogP contribution in [-0.2, 0) is 4.79 Å². The Balaban J connectivity index is 1.49. The van der Waals surface area contributed by atoms with E-state index in [9.17, 15) is 9.90 Å². The Morgan fingerprint density at radius 3 is 2.65 bits per heavy atom. The van der Waals surface area contributed by atoms with Crippen LogP contribution >= 0.6 is 0 Å². The minimum atomic E-state index is -0.533. The number of rotatable bonds is 4. The third-order valence-corrected chi connectivity index (χ3v) is 6.32. The molecule has 1 aromatic carbocycles. The van der Waals surface area contributed by atoms with E-state index in [0.717, 1.165) is 31.2 Å².